The summed E-state index contributed by atoms with van der Waals surface area (Å²) >= 11 is 8.46. The Balaban J connectivity index is 1.32. The normalized spacial score (nSPS) is 19.8. The fourth-order valence-electron chi connectivity index (χ4n) is 4.30. The van der Waals surface area contributed by atoms with Gasteiger partial charge in [-0.05, 0) is 60.8 Å². The maximum Gasteiger partial charge on any atom is 0.434 e. The summed E-state index contributed by atoms with van der Waals surface area (Å²) in [6, 6.07) is 1.17. The largest absolute Gasteiger partial charge is 0.434 e. The number of aliphatic hydroxyl groups is 2. The molecule has 0 spiro atoms. The number of amides is 2. The molecule has 200 valence electrons. The number of nitrogens with one attached hydrogen (secondary N) is 1. The number of nitrogens with zero attached hydrogens (tertiary/aromatic N) is 2. The molecule has 3 atom stereocenters. The first kappa shape index (κ1) is 27.8. The van der Waals surface area contributed by atoms with Crippen LogP contribution in [0.3, 0.4) is 0 Å². The number of hydrogen-bond donors (Lipinski definition) is 3. The van der Waals surface area contributed by atoms with Crippen molar-refractivity contribution in [3.05, 3.63) is 60.7 Å². The quantitative estimate of drug-likeness (QED) is 0.435. The van der Waals surface area contributed by atoms with E-state index in [0.29, 0.717) is 19.3 Å². The number of thiazole rings is 1. The maximum atomic E-state index is 12.9. The van der Waals surface area contributed by atoms with Gasteiger partial charge in [-0.1, -0.05) is 17.7 Å². The molecule has 1 fully saturated rings. The van der Waals surface area contributed by atoms with E-state index in [1.165, 1.54) is 16.2 Å². The highest BCUT2D eigenvalue weighted by atomic mass is 35.5. The van der Waals surface area contributed by atoms with Crippen molar-refractivity contribution in [3.63, 3.8) is 0 Å². The highest BCUT2D eigenvalue weighted by Crippen LogP contribution is 2.38. The third kappa shape index (κ3) is 6.61. The number of allylic oxidation sites excluding steroid dienone is 4. The molecule has 37 heavy (non-hydrogen) atoms. The van der Waals surface area contributed by atoms with Gasteiger partial charge in [-0.3, -0.25) is 9.59 Å². The summed E-state index contributed by atoms with van der Waals surface area (Å²) in [5.74, 6) is -1.86. The standard InChI is InChI=1S/C24H25ClF3N3O4S2/c25-16-5-2-1-4-14(16)8-13-9-15(36-11-13)10-29-21(34)19(32)20(33)23(35)31-7-3-6-17(31)22-30-18(12-37-22)24(26,27)28/h2,5,9,11-12,17,19-20,32-33H,1,3-4,6-8,10H2,(H,29,34)/t17-,19-,20-/m1/s1. The van der Waals surface area contributed by atoms with Crippen LogP contribution < -0.4 is 5.32 Å². The Labute approximate surface area is 224 Å². The highest BCUT2D eigenvalue weighted by molar-refractivity contribution is 7.10. The van der Waals surface area contributed by atoms with Crippen LogP contribution in [-0.4, -0.2) is 50.7 Å². The lowest BCUT2D eigenvalue weighted by Crippen LogP contribution is -2.50. The summed E-state index contributed by atoms with van der Waals surface area (Å²) < 4.78 is 38.8. The van der Waals surface area contributed by atoms with E-state index in [0.717, 1.165) is 50.6 Å². The van der Waals surface area contributed by atoms with E-state index in [4.69, 9.17) is 11.6 Å². The van der Waals surface area contributed by atoms with E-state index in [-0.39, 0.29) is 18.1 Å². The van der Waals surface area contributed by atoms with E-state index in [1.807, 2.05) is 23.6 Å². The molecule has 1 saturated heterocycles. The molecule has 2 amide bonds. The topological polar surface area (TPSA) is 103 Å². The average molecular weight is 576 g/mol. The van der Waals surface area contributed by atoms with E-state index < -0.39 is 41.9 Å². The molecule has 1 aliphatic heterocycles. The minimum Gasteiger partial charge on any atom is -0.380 e. The molecule has 3 N–H and O–H groups in total. The number of likely N-dealkylation sites (tertiary alicyclic amines) is 1. The zero-order valence-electron chi connectivity index (χ0n) is 19.5. The van der Waals surface area contributed by atoms with Gasteiger partial charge in [-0.2, -0.15) is 13.2 Å². The summed E-state index contributed by atoms with van der Waals surface area (Å²) in [6.45, 7) is 0.268. The van der Waals surface area contributed by atoms with Crippen LogP contribution in [0.25, 0.3) is 0 Å². The predicted molar refractivity (Wildman–Crippen MR) is 134 cm³/mol. The Morgan fingerprint density at radius 2 is 2.03 bits per heavy atom. The molecule has 1 aliphatic carbocycles. The van der Waals surface area contributed by atoms with Crippen molar-refractivity contribution in [1.29, 1.82) is 0 Å². The van der Waals surface area contributed by atoms with Gasteiger partial charge in [0.1, 0.15) is 5.01 Å². The molecule has 2 aromatic rings. The molecule has 0 unspecified atom stereocenters. The summed E-state index contributed by atoms with van der Waals surface area (Å²) in [5, 5.41) is 26.9. The van der Waals surface area contributed by atoms with Crippen LogP contribution in [0.1, 0.15) is 52.9 Å². The maximum absolute atomic E-state index is 12.9. The zero-order chi connectivity index (χ0) is 26.7. The number of alkyl halides is 3. The molecule has 2 aliphatic rings. The van der Waals surface area contributed by atoms with Crippen LogP contribution in [0.4, 0.5) is 13.2 Å². The molecule has 2 aromatic heterocycles. The van der Waals surface area contributed by atoms with Crippen molar-refractivity contribution in [2.45, 2.75) is 63.1 Å². The Morgan fingerprint density at radius 3 is 2.73 bits per heavy atom. The van der Waals surface area contributed by atoms with Gasteiger partial charge in [0.2, 0.25) is 0 Å². The minimum absolute atomic E-state index is 0.0964. The van der Waals surface area contributed by atoms with Crippen molar-refractivity contribution in [1.82, 2.24) is 15.2 Å². The first-order valence-electron chi connectivity index (χ1n) is 11.6. The second kappa shape index (κ2) is 11.6. The summed E-state index contributed by atoms with van der Waals surface area (Å²) in [4.78, 5) is 30.9. The second-order valence-corrected chi connectivity index (χ2v) is 11.1. The first-order valence-corrected chi connectivity index (χ1v) is 13.8. The average Bonchev–Trinajstić information content (AvgIpc) is 3.62. The van der Waals surface area contributed by atoms with Gasteiger partial charge < -0.3 is 20.4 Å². The molecular formula is C24H25ClF3N3O4S2. The van der Waals surface area contributed by atoms with Crippen LogP contribution in [0.2, 0.25) is 0 Å². The van der Waals surface area contributed by atoms with Crippen LogP contribution in [0, 0.1) is 0 Å². The van der Waals surface area contributed by atoms with Crippen molar-refractivity contribution in [3.8, 4) is 0 Å². The van der Waals surface area contributed by atoms with Gasteiger partial charge in [0.15, 0.2) is 17.9 Å². The molecule has 0 radical (unpaired) electrons. The first-order chi connectivity index (χ1) is 17.5. The lowest BCUT2D eigenvalue weighted by atomic mass is 9.99. The third-order valence-electron chi connectivity index (χ3n) is 6.23. The molecule has 0 saturated carbocycles. The SMILES string of the molecule is O=C(NCc1cc(CC2=C(Cl)C=CCC2)cs1)[C@H](O)[C@@H](O)C(=O)N1CCC[C@@H]1c1nc(C(F)(F)F)cs1. The Morgan fingerprint density at radius 1 is 1.24 bits per heavy atom. The van der Waals surface area contributed by atoms with Crippen molar-refractivity contribution >= 4 is 46.1 Å². The van der Waals surface area contributed by atoms with E-state index in [1.54, 1.807) is 0 Å². The van der Waals surface area contributed by atoms with Crippen LogP contribution >= 0.6 is 34.3 Å². The number of halogens is 4. The van der Waals surface area contributed by atoms with Gasteiger partial charge in [0.05, 0.1) is 12.6 Å². The van der Waals surface area contributed by atoms with Crippen LogP contribution in [-0.2, 0) is 28.7 Å². The predicted octanol–water partition coefficient (Wildman–Crippen LogP) is 4.31. The van der Waals surface area contributed by atoms with Gasteiger partial charge in [-0.15, -0.1) is 22.7 Å². The fraction of sp³-hybridized carbons (Fsp3) is 0.458. The number of aliphatic hydroxyl groups excluding tert-OH is 2. The van der Waals surface area contributed by atoms with Gasteiger partial charge in [0, 0.05) is 21.8 Å². The highest BCUT2D eigenvalue weighted by Gasteiger charge is 2.41. The van der Waals surface area contributed by atoms with Crippen molar-refractivity contribution in [2.24, 2.45) is 0 Å². The summed E-state index contributed by atoms with van der Waals surface area (Å²) in [6.07, 6.45) is -1.39. The number of aromatic nitrogens is 1. The number of carbonyl (C=O) groups excluding carboxylic acids is 2. The van der Waals surface area contributed by atoms with Crippen LogP contribution in [0.5, 0.6) is 0 Å². The van der Waals surface area contributed by atoms with Crippen molar-refractivity contribution < 1.29 is 33.0 Å². The summed E-state index contributed by atoms with van der Waals surface area (Å²) in [5.41, 5.74) is 1.14. The van der Waals surface area contributed by atoms with Gasteiger partial charge >= 0.3 is 6.18 Å². The Kier molecular flexibility index (Phi) is 8.74. The monoisotopic (exact) mass is 575 g/mol. The van der Waals surface area contributed by atoms with Crippen LogP contribution in [0.15, 0.2) is 39.6 Å². The molecule has 0 bridgehead atoms. The number of rotatable bonds is 8. The van der Waals surface area contributed by atoms with Gasteiger partial charge in [-0.25, -0.2) is 4.98 Å². The fourth-order valence-corrected chi connectivity index (χ4v) is 6.35. The molecule has 7 nitrogen and oxygen atoms in total. The van der Waals surface area contributed by atoms with Gasteiger partial charge in [0.25, 0.3) is 11.8 Å². The Hall–Kier alpha value is -2.25. The lowest BCUT2D eigenvalue weighted by Gasteiger charge is -2.27. The molecule has 13 heteroatoms. The summed E-state index contributed by atoms with van der Waals surface area (Å²) in [7, 11) is 0. The number of carbonyl (C=O) groups is 2. The molecule has 3 heterocycles. The zero-order valence-corrected chi connectivity index (χ0v) is 21.9. The van der Waals surface area contributed by atoms with E-state index in [9.17, 15) is 33.0 Å². The molecule has 0 aromatic carbocycles. The third-order valence-corrected chi connectivity index (χ3v) is 8.56. The van der Waals surface area contributed by atoms with Crippen molar-refractivity contribution in [2.75, 3.05) is 6.54 Å². The number of thiophene rings is 1. The number of hydrogen-bond acceptors (Lipinski definition) is 7. The van der Waals surface area contributed by atoms with E-state index >= 15 is 0 Å². The second-order valence-electron chi connectivity index (χ2n) is 8.86. The Bertz CT molecular complexity index is 1210. The minimum atomic E-state index is -4.60. The molecule has 4 rings (SSSR count). The smallest absolute Gasteiger partial charge is 0.380 e. The molecular weight excluding hydrogens is 551 g/mol. The lowest BCUT2D eigenvalue weighted by molar-refractivity contribution is -0.153. The van der Waals surface area contributed by atoms with E-state index in [2.05, 4.69) is 10.3 Å².